The Hall–Kier alpha value is -1.61. The number of carbonyl (C=O) groups is 1. The monoisotopic (exact) mass is 378 g/mol. The van der Waals surface area contributed by atoms with E-state index in [9.17, 15) is 10.0 Å². The molecule has 1 aromatic rings. The zero-order chi connectivity index (χ0) is 18.3. The van der Waals surface area contributed by atoms with Gasteiger partial charge in [0.25, 0.3) is 12.3 Å². The highest BCUT2D eigenvalue weighted by atomic mass is 32.2. The van der Waals surface area contributed by atoms with E-state index in [0.717, 1.165) is 25.7 Å². The molecular weight excluding hydrogens is 356 g/mol. The maximum Gasteiger partial charge on any atom is 0.260 e. The predicted molar refractivity (Wildman–Crippen MR) is 95.2 cm³/mol. The Morgan fingerprint density at radius 1 is 1.38 bits per heavy atom. The summed E-state index contributed by atoms with van der Waals surface area (Å²) < 4.78 is 9.84. The predicted octanol–water partition coefficient (Wildman–Crippen LogP) is 3.32. The van der Waals surface area contributed by atoms with Gasteiger partial charge in [0.05, 0.1) is 0 Å². The van der Waals surface area contributed by atoms with Gasteiger partial charge in [0, 0.05) is 11.8 Å². The first-order chi connectivity index (χ1) is 12.6. The lowest BCUT2D eigenvalue weighted by molar-refractivity contribution is -0.199. The van der Waals surface area contributed by atoms with E-state index in [0.29, 0.717) is 42.0 Å². The van der Waals surface area contributed by atoms with Gasteiger partial charge in [0.15, 0.2) is 5.78 Å². The number of rotatable bonds is 4. The third-order valence-corrected chi connectivity index (χ3v) is 6.99. The Morgan fingerprint density at radius 2 is 2.23 bits per heavy atom. The number of oxime groups is 1. The molecule has 3 unspecified atom stereocenters. The van der Waals surface area contributed by atoms with Crippen LogP contribution in [0.2, 0.25) is 0 Å². The summed E-state index contributed by atoms with van der Waals surface area (Å²) in [6, 6.07) is 6.07. The number of aryl methyl sites for hydroxylation is 1. The van der Waals surface area contributed by atoms with Crippen molar-refractivity contribution < 1.29 is 23.5 Å². The third kappa shape index (κ3) is 2.72. The molecule has 2 saturated carbocycles. The Labute approximate surface area is 156 Å². The molecule has 140 valence electrons. The van der Waals surface area contributed by atoms with Crippen molar-refractivity contribution in [2.24, 2.45) is 28.3 Å². The summed E-state index contributed by atoms with van der Waals surface area (Å²) in [5.41, 5.74) is 2.60. The molecule has 1 aromatic carbocycles. The summed E-state index contributed by atoms with van der Waals surface area (Å²) in [4.78, 5) is 16.6. The summed E-state index contributed by atoms with van der Waals surface area (Å²) in [6.07, 6.45) is 4.39. The Kier molecular flexibility index (Phi) is 4.68. The highest BCUT2D eigenvalue weighted by Crippen LogP contribution is 2.59. The first-order valence-corrected chi connectivity index (χ1v) is 9.50. The summed E-state index contributed by atoms with van der Waals surface area (Å²) in [5, 5.41) is 12.5. The fraction of sp³-hybridized carbons (Fsp3) is 0.556. The average Bonchev–Trinajstić information content (AvgIpc) is 2.92. The van der Waals surface area contributed by atoms with Crippen LogP contribution in [0.25, 0.3) is 0 Å². The molecule has 0 spiro atoms. The van der Waals surface area contributed by atoms with E-state index in [-0.39, 0.29) is 17.1 Å². The van der Waals surface area contributed by atoms with Gasteiger partial charge in [-0.25, -0.2) is 0 Å². The van der Waals surface area contributed by atoms with E-state index in [1.54, 1.807) is 0 Å². The maximum atomic E-state index is 12.6. The maximum absolute atomic E-state index is 12.6. The van der Waals surface area contributed by atoms with Gasteiger partial charge in [-0.15, -0.1) is 9.32 Å². The lowest BCUT2D eigenvalue weighted by Gasteiger charge is -2.47. The lowest BCUT2D eigenvalue weighted by Crippen LogP contribution is -2.42. The summed E-state index contributed by atoms with van der Waals surface area (Å²) in [7, 11) is 0. The van der Waals surface area contributed by atoms with Crippen LogP contribution >= 0.6 is 12.3 Å². The van der Waals surface area contributed by atoms with Crippen LogP contribution in [0.1, 0.15) is 49.7 Å². The van der Waals surface area contributed by atoms with E-state index in [1.807, 2.05) is 12.1 Å². The number of hydrogen-bond acceptors (Lipinski definition) is 8. The van der Waals surface area contributed by atoms with Crippen molar-refractivity contribution in [3.63, 3.8) is 0 Å². The van der Waals surface area contributed by atoms with Crippen LogP contribution in [-0.2, 0) is 20.5 Å². The molecule has 8 heteroatoms. The Bertz CT molecular complexity index is 755. The van der Waals surface area contributed by atoms with Gasteiger partial charge in [0.2, 0.25) is 0 Å². The topological polar surface area (TPSA) is 103 Å². The summed E-state index contributed by atoms with van der Waals surface area (Å²) in [5.74, 6) is 6.66. The summed E-state index contributed by atoms with van der Waals surface area (Å²) >= 11 is 0.673. The minimum absolute atomic E-state index is 0.0390. The molecule has 0 bridgehead atoms. The molecule has 26 heavy (non-hydrogen) atoms. The van der Waals surface area contributed by atoms with Crippen molar-refractivity contribution in [3.05, 3.63) is 29.3 Å². The molecule has 3 N–H and O–H groups in total. The van der Waals surface area contributed by atoms with E-state index >= 15 is 0 Å². The quantitative estimate of drug-likeness (QED) is 0.272. The standard InChI is InChI=1S/C18H22N2O5S/c1-18-7-6-13-12-5-3-11(23-26-25-24-19)8-10(12)2-4-14(13)15(18)9-16(20-22)17(18)21/h3,5,8,13-15,22H,2,4,6-7,9,19H2,1H3/b20-16+/t13?,14?,15?,18-/m0/s1. The van der Waals surface area contributed by atoms with Gasteiger partial charge in [0.1, 0.15) is 11.5 Å². The molecule has 0 heterocycles. The summed E-state index contributed by atoms with van der Waals surface area (Å²) in [6.45, 7) is 2.05. The first-order valence-electron chi connectivity index (χ1n) is 8.84. The van der Waals surface area contributed by atoms with Crippen LogP contribution in [0.15, 0.2) is 23.4 Å². The number of nitrogens with zero attached hydrogens (tertiary/aromatic N) is 1. The van der Waals surface area contributed by atoms with E-state index in [2.05, 4.69) is 27.5 Å². The molecule has 2 fully saturated rings. The minimum Gasteiger partial charge on any atom is -0.411 e. The van der Waals surface area contributed by atoms with Gasteiger partial charge in [-0.05, 0) is 66.7 Å². The highest BCUT2D eigenvalue weighted by molar-refractivity contribution is 7.90. The number of hydrogen-bond donors (Lipinski definition) is 2. The SMILES string of the molecule is C[C@]12CCC3c4ccc(OSOON)cc4CCC3C1C/C(=N\O)C2=O. The fourth-order valence-corrected chi connectivity index (χ4v) is 5.62. The minimum atomic E-state index is -0.376. The molecular formula is C18H22N2O5S. The normalized spacial score (nSPS) is 34.3. The molecule has 0 amide bonds. The van der Waals surface area contributed by atoms with Crippen LogP contribution in [0, 0.1) is 17.3 Å². The van der Waals surface area contributed by atoms with Crippen LogP contribution in [-0.4, -0.2) is 16.7 Å². The third-order valence-electron chi connectivity index (χ3n) is 6.60. The molecule has 0 radical (unpaired) electrons. The van der Waals surface area contributed by atoms with Crippen molar-refractivity contribution >= 4 is 23.8 Å². The highest BCUT2D eigenvalue weighted by Gasteiger charge is 2.57. The number of fused-ring (bicyclic) bond motifs is 5. The van der Waals surface area contributed by atoms with Crippen molar-refractivity contribution in [3.8, 4) is 5.75 Å². The molecule has 3 aliphatic rings. The van der Waals surface area contributed by atoms with Crippen molar-refractivity contribution in [1.82, 2.24) is 0 Å². The second-order valence-corrected chi connectivity index (χ2v) is 8.07. The molecule has 4 atom stereocenters. The van der Waals surface area contributed by atoms with Crippen LogP contribution in [0.3, 0.4) is 0 Å². The zero-order valence-corrected chi connectivity index (χ0v) is 15.3. The number of benzene rings is 1. The van der Waals surface area contributed by atoms with Gasteiger partial charge >= 0.3 is 0 Å². The number of ketones is 1. The number of Topliss-reactive ketones (excluding diaryl/α,β-unsaturated/α-hetero) is 1. The number of carbonyl (C=O) groups excluding carboxylic acids is 1. The van der Waals surface area contributed by atoms with E-state index < -0.39 is 0 Å². The first kappa shape index (κ1) is 17.8. The van der Waals surface area contributed by atoms with E-state index in [4.69, 9.17) is 10.1 Å². The van der Waals surface area contributed by atoms with Crippen molar-refractivity contribution in [2.75, 3.05) is 0 Å². The van der Waals surface area contributed by atoms with Crippen molar-refractivity contribution in [1.29, 1.82) is 0 Å². The molecule has 7 nitrogen and oxygen atoms in total. The van der Waals surface area contributed by atoms with Gasteiger partial charge < -0.3 is 9.39 Å². The largest absolute Gasteiger partial charge is 0.411 e. The molecule has 0 aliphatic heterocycles. The van der Waals surface area contributed by atoms with Gasteiger partial charge in [-0.1, -0.05) is 18.1 Å². The smallest absolute Gasteiger partial charge is 0.260 e. The fourth-order valence-electron chi connectivity index (χ4n) is 5.38. The van der Waals surface area contributed by atoms with Crippen molar-refractivity contribution in [2.45, 2.75) is 44.9 Å². The molecule has 0 saturated heterocycles. The van der Waals surface area contributed by atoms with Gasteiger partial charge in [-0.3, -0.25) is 4.79 Å². The average molecular weight is 378 g/mol. The van der Waals surface area contributed by atoms with Crippen LogP contribution < -0.4 is 10.1 Å². The second kappa shape index (κ2) is 6.84. The Balaban J connectivity index is 1.58. The van der Waals surface area contributed by atoms with Gasteiger partial charge in [-0.2, -0.15) is 5.90 Å². The molecule has 3 aliphatic carbocycles. The molecule has 0 aromatic heterocycles. The van der Waals surface area contributed by atoms with E-state index in [1.165, 1.54) is 11.1 Å². The molecule has 4 rings (SSSR count). The Morgan fingerprint density at radius 3 is 3.00 bits per heavy atom. The number of nitrogens with two attached hydrogens (primary N) is 1. The zero-order valence-electron chi connectivity index (χ0n) is 14.5. The second-order valence-electron chi connectivity index (χ2n) is 7.63. The van der Waals surface area contributed by atoms with Crippen LogP contribution in [0.5, 0.6) is 5.75 Å². The van der Waals surface area contributed by atoms with Crippen LogP contribution in [0.4, 0.5) is 0 Å². The lowest BCUT2D eigenvalue weighted by atomic mass is 9.55.